The van der Waals surface area contributed by atoms with E-state index in [0.717, 1.165) is 12.3 Å². The highest BCUT2D eigenvalue weighted by Gasteiger charge is 2.23. The van der Waals surface area contributed by atoms with Crippen LogP contribution in [0.4, 0.5) is 17.1 Å². The first-order valence-electron chi connectivity index (χ1n) is 6.37. The molecule has 0 amide bonds. The molecule has 0 unspecified atom stereocenters. The molecule has 1 N–H and O–H groups in total. The van der Waals surface area contributed by atoms with Crippen LogP contribution in [0.5, 0.6) is 11.5 Å². The molecule has 9 nitrogen and oxygen atoms in total. The Bertz CT molecular complexity index is 853. The number of halogens is 1. The van der Waals surface area contributed by atoms with Crippen LogP contribution >= 0.6 is 11.6 Å². The zero-order valence-electron chi connectivity index (χ0n) is 12.2. The van der Waals surface area contributed by atoms with E-state index >= 15 is 0 Å². The summed E-state index contributed by atoms with van der Waals surface area (Å²) in [4.78, 5) is 24.0. The van der Waals surface area contributed by atoms with E-state index in [1.165, 1.54) is 13.2 Å². The molecule has 0 bridgehead atoms. The fourth-order valence-corrected chi connectivity index (χ4v) is 2.10. The third-order valence-electron chi connectivity index (χ3n) is 3.00. The maximum atomic E-state index is 10.9. The zero-order valence-corrected chi connectivity index (χ0v) is 12.9. The number of methoxy groups -OCH3 is 1. The van der Waals surface area contributed by atoms with Crippen molar-refractivity contribution in [2.75, 3.05) is 7.11 Å². The molecule has 2 aromatic carbocycles. The smallest absolute Gasteiger partial charge is 0.318 e. The molecule has 0 aromatic heterocycles. The Morgan fingerprint density at radius 3 is 2.46 bits per heavy atom. The first kappa shape index (κ1) is 17.2. The largest absolute Gasteiger partial charge is 0.502 e. The lowest BCUT2D eigenvalue weighted by atomic mass is 10.1. The van der Waals surface area contributed by atoms with Crippen molar-refractivity contribution in [2.24, 2.45) is 4.99 Å². The number of nitro groups is 2. The first-order valence-corrected chi connectivity index (χ1v) is 6.74. The number of aromatic hydroxyl groups is 1. The fraction of sp³-hybridized carbons (Fsp3) is 0.0714. The van der Waals surface area contributed by atoms with Gasteiger partial charge in [-0.05, 0) is 18.2 Å². The summed E-state index contributed by atoms with van der Waals surface area (Å²) in [6.45, 7) is 0. The van der Waals surface area contributed by atoms with E-state index in [1.807, 2.05) is 0 Å². The van der Waals surface area contributed by atoms with Crippen molar-refractivity contribution in [3.8, 4) is 11.5 Å². The Balaban J connectivity index is 2.46. The van der Waals surface area contributed by atoms with Gasteiger partial charge in [-0.15, -0.1) is 0 Å². The van der Waals surface area contributed by atoms with Gasteiger partial charge in [-0.3, -0.25) is 25.2 Å². The predicted octanol–water partition coefficient (Wildman–Crippen LogP) is 3.62. The molecule has 0 heterocycles. The normalized spacial score (nSPS) is 10.8. The quantitative estimate of drug-likeness (QED) is 0.497. The third kappa shape index (κ3) is 3.58. The molecule has 0 aliphatic carbocycles. The van der Waals surface area contributed by atoms with Crippen molar-refractivity contribution in [2.45, 2.75) is 0 Å². The SMILES string of the molecule is COc1ccc(N=Cc2cc([N+](=O)[O-])cc([N+](=O)[O-])c2O)cc1Cl. The molecule has 0 fully saturated rings. The van der Waals surface area contributed by atoms with Crippen molar-refractivity contribution < 1.29 is 19.7 Å². The van der Waals surface area contributed by atoms with Gasteiger partial charge in [0.25, 0.3) is 5.69 Å². The van der Waals surface area contributed by atoms with E-state index < -0.39 is 27.0 Å². The number of nitro benzene ring substituents is 2. The number of phenols is 1. The second-order valence-corrected chi connectivity index (χ2v) is 4.90. The topological polar surface area (TPSA) is 128 Å². The van der Waals surface area contributed by atoms with Gasteiger partial charge in [0.05, 0.1) is 33.7 Å². The maximum absolute atomic E-state index is 10.9. The molecule has 24 heavy (non-hydrogen) atoms. The fourth-order valence-electron chi connectivity index (χ4n) is 1.85. The van der Waals surface area contributed by atoms with Crippen LogP contribution in [0.2, 0.25) is 5.02 Å². The van der Waals surface area contributed by atoms with Gasteiger partial charge in [0.15, 0.2) is 0 Å². The number of aliphatic imine (C=N–C) groups is 1. The molecule has 2 rings (SSSR count). The van der Waals surface area contributed by atoms with Crippen LogP contribution in [0.1, 0.15) is 5.56 Å². The lowest BCUT2D eigenvalue weighted by molar-refractivity contribution is -0.394. The molecule has 0 spiro atoms. The summed E-state index contributed by atoms with van der Waals surface area (Å²) in [6, 6.07) is 6.25. The molecular weight excluding hydrogens is 342 g/mol. The minimum atomic E-state index is -0.913. The summed E-state index contributed by atoms with van der Waals surface area (Å²) < 4.78 is 4.99. The van der Waals surface area contributed by atoms with Gasteiger partial charge in [0.2, 0.25) is 5.75 Å². The molecular formula is C14H10ClN3O6. The lowest BCUT2D eigenvalue weighted by Gasteiger charge is -2.03. The number of hydrogen-bond donors (Lipinski definition) is 1. The Hall–Kier alpha value is -3.20. The first-order chi connectivity index (χ1) is 11.3. The van der Waals surface area contributed by atoms with E-state index in [4.69, 9.17) is 16.3 Å². The molecule has 0 atom stereocenters. The second-order valence-electron chi connectivity index (χ2n) is 4.49. The Labute approximate surface area is 140 Å². The van der Waals surface area contributed by atoms with E-state index in [-0.39, 0.29) is 5.56 Å². The predicted molar refractivity (Wildman–Crippen MR) is 86.7 cm³/mol. The number of rotatable bonds is 5. The van der Waals surface area contributed by atoms with Crippen molar-refractivity contribution in [1.29, 1.82) is 0 Å². The molecule has 2 aromatic rings. The van der Waals surface area contributed by atoms with Crippen molar-refractivity contribution in [3.05, 3.63) is 61.1 Å². The van der Waals surface area contributed by atoms with Crippen LogP contribution in [-0.4, -0.2) is 28.3 Å². The third-order valence-corrected chi connectivity index (χ3v) is 3.30. The van der Waals surface area contributed by atoms with Crippen LogP contribution in [0.15, 0.2) is 35.3 Å². The van der Waals surface area contributed by atoms with Crippen LogP contribution < -0.4 is 4.74 Å². The van der Waals surface area contributed by atoms with Crippen LogP contribution in [-0.2, 0) is 0 Å². The van der Waals surface area contributed by atoms with Crippen LogP contribution in [0.3, 0.4) is 0 Å². The van der Waals surface area contributed by atoms with E-state index in [2.05, 4.69) is 4.99 Å². The second kappa shape index (κ2) is 6.92. The average Bonchev–Trinajstić information content (AvgIpc) is 2.53. The monoisotopic (exact) mass is 351 g/mol. The number of non-ortho nitro benzene ring substituents is 1. The number of phenolic OH excluding ortho intramolecular Hbond substituents is 1. The molecule has 0 radical (unpaired) electrons. The summed E-state index contributed by atoms with van der Waals surface area (Å²) in [5.41, 5.74) is -1.11. The van der Waals surface area contributed by atoms with Crippen molar-refractivity contribution in [3.63, 3.8) is 0 Å². The van der Waals surface area contributed by atoms with Crippen molar-refractivity contribution >= 4 is 34.9 Å². The molecule has 0 aliphatic rings. The number of ether oxygens (including phenoxy) is 1. The van der Waals surface area contributed by atoms with E-state index in [0.29, 0.717) is 22.5 Å². The Morgan fingerprint density at radius 2 is 1.92 bits per heavy atom. The van der Waals surface area contributed by atoms with Crippen molar-refractivity contribution in [1.82, 2.24) is 0 Å². The van der Waals surface area contributed by atoms with Gasteiger partial charge in [-0.2, -0.15) is 0 Å². The maximum Gasteiger partial charge on any atom is 0.318 e. The minimum absolute atomic E-state index is 0.164. The Morgan fingerprint density at radius 1 is 1.21 bits per heavy atom. The minimum Gasteiger partial charge on any atom is -0.502 e. The number of benzene rings is 2. The van der Waals surface area contributed by atoms with Crippen LogP contribution in [0.25, 0.3) is 0 Å². The molecule has 0 saturated heterocycles. The van der Waals surface area contributed by atoms with Crippen LogP contribution in [0, 0.1) is 20.2 Å². The van der Waals surface area contributed by atoms with Gasteiger partial charge in [-0.25, -0.2) is 0 Å². The lowest BCUT2D eigenvalue weighted by Crippen LogP contribution is -1.96. The summed E-state index contributed by atoms with van der Waals surface area (Å²) >= 11 is 5.95. The van der Waals surface area contributed by atoms with Gasteiger partial charge >= 0.3 is 5.69 Å². The molecule has 124 valence electrons. The average molecular weight is 352 g/mol. The number of hydrogen-bond acceptors (Lipinski definition) is 7. The summed E-state index contributed by atoms with van der Waals surface area (Å²) in [5, 5.41) is 31.9. The Kier molecular flexibility index (Phi) is 4.95. The number of nitrogens with zero attached hydrogens (tertiary/aromatic N) is 3. The summed E-state index contributed by atoms with van der Waals surface area (Å²) in [5.74, 6) is -0.279. The van der Waals surface area contributed by atoms with E-state index in [1.54, 1.807) is 12.1 Å². The van der Waals surface area contributed by atoms with Gasteiger partial charge in [-0.1, -0.05) is 11.6 Å². The molecule has 10 heteroatoms. The van der Waals surface area contributed by atoms with Gasteiger partial charge < -0.3 is 9.84 Å². The highest BCUT2D eigenvalue weighted by Crippen LogP contribution is 2.34. The standard InChI is InChI=1S/C14H10ClN3O6/c1-24-13-3-2-9(5-11(13)15)16-7-8-4-10(17(20)21)6-12(14(8)19)18(22)23/h2-7,19H,1H3. The molecule has 0 saturated carbocycles. The highest BCUT2D eigenvalue weighted by atomic mass is 35.5. The van der Waals surface area contributed by atoms with E-state index in [9.17, 15) is 25.3 Å². The van der Waals surface area contributed by atoms with Gasteiger partial charge in [0.1, 0.15) is 5.75 Å². The van der Waals surface area contributed by atoms with Gasteiger partial charge in [0, 0.05) is 17.8 Å². The summed E-state index contributed by atoms with van der Waals surface area (Å²) in [7, 11) is 1.45. The molecule has 0 aliphatic heterocycles. The summed E-state index contributed by atoms with van der Waals surface area (Å²) in [6.07, 6.45) is 1.08. The highest BCUT2D eigenvalue weighted by molar-refractivity contribution is 6.32. The zero-order chi connectivity index (χ0) is 17.9.